The Labute approximate surface area is 166 Å². The maximum atomic E-state index is 10.3. The Hall–Kier alpha value is -0.410. The van der Waals surface area contributed by atoms with Gasteiger partial charge in [0.25, 0.3) is 0 Å². The van der Waals surface area contributed by atoms with E-state index in [0.717, 1.165) is 55.4 Å². The van der Waals surface area contributed by atoms with E-state index in [-0.39, 0.29) is 35.5 Å². The third-order valence-corrected chi connectivity index (χ3v) is 5.39. The van der Waals surface area contributed by atoms with Gasteiger partial charge < -0.3 is 15.7 Å². The Morgan fingerprint density at radius 2 is 2.25 bits per heavy atom. The molecule has 0 bridgehead atoms. The lowest BCUT2D eigenvalue weighted by Crippen LogP contribution is -2.42. The Morgan fingerprint density at radius 3 is 2.88 bits per heavy atom. The first-order valence-electron chi connectivity index (χ1n) is 8.65. The maximum absolute atomic E-state index is 10.3. The third-order valence-electron chi connectivity index (χ3n) is 4.56. The van der Waals surface area contributed by atoms with Crippen LogP contribution in [0.4, 0.5) is 0 Å². The predicted octanol–water partition coefficient (Wildman–Crippen LogP) is 3.11. The molecule has 5 nitrogen and oxygen atoms in total. The molecular formula is C17H31IN4OS. The summed E-state index contributed by atoms with van der Waals surface area (Å²) in [6, 6.07) is 0. The summed E-state index contributed by atoms with van der Waals surface area (Å²) >= 11 is 1.69. The van der Waals surface area contributed by atoms with E-state index in [9.17, 15) is 5.11 Å². The van der Waals surface area contributed by atoms with Crippen LogP contribution >= 0.6 is 35.3 Å². The summed E-state index contributed by atoms with van der Waals surface area (Å²) in [6.07, 6.45) is 4.94. The molecule has 7 heteroatoms. The summed E-state index contributed by atoms with van der Waals surface area (Å²) < 4.78 is 0. The molecule has 138 valence electrons. The van der Waals surface area contributed by atoms with Crippen molar-refractivity contribution in [1.29, 1.82) is 0 Å². The van der Waals surface area contributed by atoms with Crippen LogP contribution in [0.3, 0.4) is 0 Å². The number of nitrogens with zero attached hydrogens (tertiary/aromatic N) is 2. The number of aryl methyl sites for hydroxylation is 1. The van der Waals surface area contributed by atoms with Crippen molar-refractivity contribution >= 4 is 41.3 Å². The van der Waals surface area contributed by atoms with Gasteiger partial charge in [0.1, 0.15) is 0 Å². The van der Waals surface area contributed by atoms with Crippen molar-refractivity contribution in [3.05, 3.63) is 16.1 Å². The molecule has 1 saturated carbocycles. The molecule has 3 N–H and O–H groups in total. The van der Waals surface area contributed by atoms with Crippen molar-refractivity contribution < 1.29 is 5.11 Å². The fourth-order valence-electron chi connectivity index (χ4n) is 3.00. The summed E-state index contributed by atoms with van der Waals surface area (Å²) in [5.74, 6) is 0.832. The Balaban J connectivity index is 0.00000288. The van der Waals surface area contributed by atoms with Crippen molar-refractivity contribution in [1.82, 2.24) is 15.6 Å². The van der Waals surface area contributed by atoms with Crippen molar-refractivity contribution in [3.63, 3.8) is 0 Å². The highest BCUT2D eigenvalue weighted by Crippen LogP contribution is 2.36. The van der Waals surface area contributed by atoms with E-state index < -0.39 is 0 Å². The Bertz CT molecular complexity index is 522. The van der Waals surface area contributed by atoms with Gasteiger partial charge in [-0.1, -0.05) is 19.8 Å². The summed E-state index contributed by atoms with van der Waals surface area (Å²) in [4.78, 5) is 9.19. The van der Waals surface area contributed by atoms with Gasteiger partial charge in [0.15, 0.2) is 5.96 Å². The van der Waals surface area contributed by atoms with Crippen LogP contribution in [0.5, 0.6) is 0 Å². The first-order chi connectivity index (χ1) is 11.0. The number of rotatable bonds is 6. The summed E-state index contributed by atoms with van der Waals surface area (Å²) in [5, 5.41) is 20.2. The van der Waals surface area contributed by atoms with Crippen LogP contribution in [0.1, 0.15) is 50.2 Å². The third kappa shape index (κ3) is 6.48. The van der Waals surface area contributed by atoms with Crippen molar-refractivity contribution in [2.75, 3.05) is 19.6 Å². The first kappa shape index (κ1) is 21.6. The van der Waals surface area contributed by atoms with Gasteiger partial charge in [0.2, 0.25) is 0 Å². The Morgan fingerprint density at radius 1 is 1.46 bits per heavy atom. The molecule has 0 aliphatic heterocycles. The quantitative estimate of drug-likeness (QED) is 0.343. The second kappa shape index (κ2) is 10.6. The number of aliphatic hydroxyl groups excluding tert-OH is 1. The zero-order chi connectivity index (χ0) is 16.7. The van der Waals surface area contributed by atoms with E-state index in [0.29, 0.717) is 6.54 Å². The molecular weight excluding hydrogens is 435 g/mol. The molecule has 0 radical (unpaired) electrons. The van der Waals surface area contributed by atoms with E-state index in [4.69, 9.17) is 4.99 Å². The average molecular weight is 466 g/mol. The lowest BCUT2D eigenvalue weighted by molar-refractivity contribution is 0.00716. The van der Waals surface area contributed by atoms with Gasteiger partial charge in [0, 0.05) is 30.3 Å². The van der Waals surface area contributed by atoms with Crippen molar-refractivity contribution in [2.45, 2.75) is 59.0 Å². The van der Waals surface area contributed by atoms with Crippen LogP contribution < -0.4 is 10.6 Å². The van der Waals surface area contributed by atoms with E-state index in [1.807, 2.05) is 6.92 Å². The molecule has 1 aliphatic rings. The van der Waals surface area contributed by atoms with Crippen LogP contribution in [0.15, 0.2) is 10.4 Å². The molecule has 0 amide bonds. The first-order valence-corrected chi connectivity index (χ1v) is 9.53. The molecule has 24 heavy (non-hydrogen) atoms. The van der Waals surface area contributed by atoms with Crippen molar-refractivity contribution in [3.8, 4) is 0 Å². The van der Waals surface area contributed by atoms with Crippen LogP contribution in [0.2, 0.25) is 0 Å². The number of thiazole rings is 1. The van der Waals surface area contributed by atoms with E-state index in [1.165, 1.54) is 6.42 Å². The van der Waals surface area contributed by atoms with E-state index in [2.05, 4.69) is 34.8 Å². The number of halogens is 1. The van der Waals surface area contributed by atoms with E-state index >= 15 is 0 Å². The molecule has 2 rings (SSSR count). The molecule has 1 heterocycles. The number of nitrogens with one attached hydrogen (secondary N) is 2. The largest absolute Gasteiger partial charge is 0.392 e. The molecule has 2 atom stereocenters. The van der Waals surface area contributed by atoms with Gasteiger partial charge in [-0.15, -0.1) is 35.3 Å². The lowest BCUT2D eigenvalue weighted by atomic mass is 9.73. The van der Waals surface area contributed by atoms with Crippen molar-refractivity contribution in [2.24, 2.45) is 10.4 Å². The average Bonchev–Trinajstić information content (AvgIpc) is 2.94. The zero-order valence-corrected chi connectivity index (χ0v) is 18.1. The number of aliphatic imine (C=N–C) groups is 1. The zero-order valence-electron chi connectivity index (χ0n) is 15.0. The smallest absolute Gasteiger partial charge is 0.191 e. The van der Waals surface area contributed by atoms with Gasteiger partial charge in [0.05, 0.1) is 23.4 Å². The standard InChI is InChI=1S/C17H30N4OS.HI/c1-4-18-16(19-10-8-14-11-23-13(2)21-14)20-12-17(3)9-6-5-7-15(17)22;/h11,15,22H,4-10,12H2,1-3H3,(H2,18,19,20);1H. The van der Waals surface area contributed by atoms with Gasteiger partial charge in [-0.3, -0.25) is 4.99 Å². The molecule has 1 fully saturated rings. The summed E-state index contributed by atoms with van der Waals surface area (Å²) in [7, 11) is 0. The SMILES string of the molecule is CCNC(=NCC1(C)CCCCC1O)NCCc1csc(C)n1.I. The van der Waals surface area contributed by atoms with Gasteiger partial charge >= 0.3 is 0 Å². The fourth-order valence-corrected chi connectivity index (χ4v) is 3.65. The van der Waals surface area contributed by atoms with Crippen LogP contribution in [0, 0.1) is 12.3 Å². The molecule has 2 unspecified atom stereocenters. The normalized spacial score (nSPS) is 24.3. The Kier molecular flexibility index (Phi) is 9.51. The lowest BCUT2D eigenvalue weighted by Gasteiger charge is -2.37. The highest BCUT2D eigenvalue weighted by molar-refractivity contribution is 14.0. The maximum Gasteiger partial charge on any atom is 0.191 e. The molecule has 0 saturated heterocycles. The second-order valence-corrected chi connectivity index (χ2v) is 7.71. The number of aliphatic hydroxyl groups is 1. The summed E-state index contributed by atoms with van der Waals surface area (Å²) in [5.41, 5.74) is 1.04. The predicted molar refractivity (Wildman–Crippen MR) is 113 cm³/mol. The molecule has 1 aliphatic carbocycles. The van der Waals surface area contributed by atoms with Gasteiger partial charge in [-0.05, 0) is 26.7 Å². The minimum atomic E-state index is -0.235. The fraction of sp³-hybridized carbons (Fsp3) is 0.765. The topological polar surface area (TPSA) is 69.5 Å². The molecule has 1 aromatic heterocycles. The summed E-state index contributed by atoms with van der Waals surface area (Å²) in [6.45, 7) is 8.57. The van der Waals surface area contributed by atoms with Gasteiger partial charge in [-0.25, -0.2) is 4.98 Å². The number of aromatic nitrogens is 1. The van der Waals surface area contributed by atoms with Crippen LogP contribution in [-0.2, 0) is 6.42 Å². The number of hydrogen-bond acceptors (Lipinski definition) is 4. The molecule has 0 aromatic carbocycles. The van der Waals surface area contributed by atoms with Crippen LogP contribution in [-0.4, -0.2) is 41.8 Å². The van der Waals surface area contributed by atoms with E-state index in [1.54, 1.807) is 11.3 Å². The number of hydrogen-bond donors (Lipinski definition) is 3. The highest BCUT2D eigenvalue weighted by atomic mass is 127. The minimum absolute atomic E-state index is 0. The second-order valence-electron chi connectivity index (χ2n) is 6.65. The molecule has 0 spiro atoms. The van der Waals surface area contributed by atoms with Crippen LogP contribution in [0.25, 0.3) is 0 Å². The number of guanidine groups is 1. The minimum Gasteiger partial charge on any atom is -0.392 e. The van der Waals surface area contributed by atoms with Gasteiger partial charge in [-0.2, -0.15) is 0 Å². The molecule has 1 aromatic rings. The highest BCUT2D eigenvalue weighted by Gasteiger charge is 2.35. The monoisotopic (exact) mass is 466 g/mol.